The highest BCUT2D eigenvalue weighted by molar-refractivity contribution is 5.80. The summed E-state index contributed by atoms with van der Waals surface area (Å²) in [6.45, 7) is 5.38. The molecule has 0 amide bonds. The summed E-state index contributed by atoms with van der Waals surface area (Å²) >= 11 is 0. The minimum atomic E-state index is 0.625. The van der Waals surface area contributed by atoms with Crippen LogP contribution in [0, 0.1) is 5.92 Å². The van der Waals surface area contributed by atoms with Gasteiger partial charge in [-0.15, -0.1) is 0 Å². The van der Waals surface area contributed by atoms with Gasteiger partial charge in [-0.25, -0.2) is 0 Å². The first-order chi connectivity index (χ1) is 11.8. The number of ether oxygens (including phenoxy) is 2. The van der Waals surface area contributed by atoms with Gasteiger partial charge in [0.1, 0.15) is 0 Å². The summed E-state index contributed by atoms with van der Waals surface area (Å²) in [5, 5.41) is 3.46. The van der Waals surface area contributed by atoms with E-state index in [0.29, 0.717) is 12.5 Å². The summed E-state index contributed by atoms with van der Waals surface area (Å²) in [6.07, 6.45) is 3.33. The van der Waals surface area contributed by atoms with Crippen LogP contribution in [0.4, 0.5) is 0 Å². The minimum Gasteiger partial charge on any atom is -0.384 e. The summed E-state index contributed by atoms with van der Waals surface area (Å²) in [5.74, 6) is 1.64. The van der Waals surface area contributed by atoms with Crippen LogP contribution in [0.5, 0.6) is 0 Å². The van der Waals surface area contributed by atoms with Crippen LogP contribution in [0.25, 0.3) is 0 Å². The summed E-state index contributed by atoms with van der Waals surface area (Å²) in [5.41, 5.74) is 1.23. The molecule has 1 aliphatic heterocycles. The lowest BCUT2D eigenvalue weighted by molar-refractivity contribution is 0.117. The van der Waals surface area contributed by atoms with Crippen molar-refractivity contribution < 1.29 is 9.47 Å². The Morgan fingerprint density at radius 2 is 2.12 bits per heavy atom. The number of nitrogens with one attached hydrogen (secondary N) is 1. The predicted molar refractivity (Wildman–Crippen MR) is 98.2 cm³/mol. The SMILES string of the molecule is CN=C(NCCCCOCc1ccccc1)N1CCC(COC)C1. The fraction of sp³-hybridized carbons (Fsp3) is 0.632. The van der Waals surface area contributed by atoms with E-state index >= 15 is 0 Å². The average molecular weight is 333 g/mol. The molecule has 0 spiro atoms. The van der Waals surface area contributed by atoms with Gasteiger partial charge in [-0.3, -0.25) is 4.99 Å². The minimum absolute atomic E-state index is 0.625. The first kappa shape index (κ1) is 18.7. The number of methoxy groups -OCH3 is 1. The van der Waals surface area contributed by atoms with Gasteiger partial charge < -0.3 is 19.7 Å². The van der Waals surface area contributed by atoms with Crippen LogP contribution in [0.2, 0.25) is 0 Å². The highest BCUT2D eigenvalue weighted by Gasteiger charge is 2.24. The monoisotopic (exact) mass is 333 g/mol. The van der Waals surface area contributed by atoms with Gasteiger partial charge in [0.15, 0.2) is 5.96 Å². The zero-order valence-corrected chi connectivity index (χ0v) is 15.0. The molecule has 5 heteroatoms. The molecule has 134 valence electrons. The lowest BCUT2D eigenvalue weighted by atomic mass is 10.1. The molecule has 2 rings (SSSR count). The van der Waals surface area contributed by atoms with Crippen LogP contribution in [0.3, 0.4) is 0 Å². The second-order valence-corrected chi connectivity index (χ2v) is 6.28. The van der Waals surface area contributed by atoms with Gasteiger partial charge in [0.05, 0.1) is 13.2 Å². The Morgan fingerprint density at radius 1 is 1.29 bits per heavy atom. The molecule has 1 unspecified atom stereocenters. The third-order valence-electron chi connectivity index (χ3n) is 4.31. The van der Waals surface area contributed by atoms with Crippen LogP contribution in [0.15, 0.2) is 35.3 Å². The molecule has 0 aromatic heterocycles. The van der Waals surface area contributed by atoms with E-state index < -0.39 is 0 Å². The number of nitrogens with zero attached hydrogens (tertiary/aromatic N) is 2. The van der Waals surface area contributed by atoms with Gasteiger partial charge in [-0.1, -0.05) is 30.3 Å². The lowest BCUT2D eigenvalue weighted by Gasteiger charge is -2.21. The Kier molecular flexibility index (Phi) is 8.63. The molecule has 1 heterocycles. The predicted octanol–water partition coefficient (Wildman–Crippen LogP) is 2.53. The molecular weight excluding hydrogens is 302 g/mol. The van der Waals surface area contributed by atoms with Crippen molar-refractivity contribution in [3.63, 3.8) is 0 Å². The molecule has 1 saturated heterocycles. The average Bonchev–Trinajstić information content (AvgIpc) is 3.07. The summed E-state index contributed by atoms with van der Waals surface area (Å²) < 4.78 is 11.0. The number of likely N-dealkylation sites (tertiary alicyclic amines) is 1. The summed E-state index contributed by atoms with van der Waals surface area (Å²) in [6, 6.07) is 10.3. The summed E-state index contributed by atoms with van der Waals surface area (Å²) in [7, 11) is 3.63. The fourth-order valence-corrected chi connectivity index (χ4v) is 3.02. The molecule has 1 aromatic rings. The van der Waals surface area contributed by atoms with Crippen molar-refractivity contribution in [3.8, 4) is 0 Å². The number of hydrogen-bond donors (Lipinski definition) is 1. The van der Waals surface area contributed by atoms with E-state index in [1.165, 1.54) is 12.0 Å². The van der Waals surface area contributed by atoms with E-state index in [1.54, 1.807) is 7.11 Å². The number of unbranched alkanes of at least 4 members (excludes halogenated alkanes) is 1. The van der Waals surface area contributed by atoms with Crippen molar-refractivity contribution in [3.05, 3.63) is 35.9 Å². The number of rotatable bonds is 9. The van der Waals surface area contributed by atoms with Crippen molar-refractivity contribution in [2.24, 2.45) is 10.9 Å². The van der Waals surface area contributed by atoms with Crippen LogP contribution in [-0.2, 0) is 16.1 Å². The van der Waals surface area contributed by atoms with E-state index in [1.807, 2.05) is 25.2 Å². The van der Waals surface area contributed by atoms with Crippen molar-refractivity contribution in [1.82, 2.24) is 10.2 Å². The smallest absolute Gasteiger partial charge is 0.193 e. The molecule has 1 atom stereocenters. The lowest BCUT2D eigenvalue weighted by Crippen LogP contribution is -2.40. The highest BCUT2D eigenvalue weighted by atomic mass is 16.5. The highest BCUT2D eigenvalue weighted by Crippen LogP contribution is 2.16. The van der Waals surface area contributed by atoms with Gasteiger partial charge in [-0.05, 0) is 24.8 Å². The molecule has 1 N–H and O–H groups in total. The van der Waals surface area contributed by atoms with Gasteiger partial charge in [-0.2, -0.15) is 0 Å². The van der Waals surface area contributed by atoms with Crippen molar-refractivity contribution in [2.75, 3.05) is 47.0 Å². The molecule has 0 aliphatic carbocycles. The Labute approximate surface area is 146 Å². The maximum Gasteiger partial charge on any atom is 0.193 e. The first-order valence-corrected chi connectivity index (χ1v) is 8.89. The van der Waals surface area contributed by atoms with Crippen LogP contribution < -0.4 is 5.32 Å². The number of benzene rings is 1. The van der Waals surface area contributed by atoms with Crippen LogP contribution >= 0.6 is 0 Å². The van der Waals surface area contributed by atoms with Gasteiger partial charge in [0.25, 0.3) is 0 Å². The van der Waals surface area contributed by atoms with E-state index in [4.69, 9.17) is 9.47 Å². The van der Waals surface area contributed by atoms with E-state index in [2.05, 4.69) is 27.3 Å². The van der Waals surface area contributed by atoms with Crippen LogP contribution in [0.1, 0.15) is 24.8 Å². The van der Waals surface area contributed by atoms with Crippen molar-refractivity contribution >= 4 is 5.96 Å². The molecule has 0 bridgehead atoms. The quantitative estimate of drug-likeness (QED) is 0.428. The van der Waals surface area contributed by atoms with Crippen LogP contribution in [-0.4, -0.2) is 57.9 Å². The molecular formula is C19H31N3O2. The molecule has 0 radical (unpaired) electrons. The molecule has 24 heavy (non-hydrogen) atoms. The molecule has 1 aromatic carbocycles. The van der Waals surface area contributed by atoms with Gasteiger partial charge in [0, 0.05) is 46.3 Å². The zero-order chi connectivity index (χ0) is 17.0. The summed E-state index contributed by atoms with van der Waals surface area (Å²) in [4.78, 5) is 6.73. The van der Waals surface area contributed by atoms with Crippen molar-refractivity contribution in [2.45, 2.75) is 25.9 Å². The van der Waals surface area contributed by atoms with Gasteiger partial charge >= 0.3 is 0 Å². The Balaban J connectivity index is 1.53. The largest absolute Gasteiger partial charge is 0.384 e. The normalized spacial score (nSPS) is 18.2. The van der Waals surface area contributed by atoms with E-state index in [9.17, 15) is 0 Å². The second kappa shape index (κ2) is 11.0. The van der Waals surface area contributed by atoms with Crippen molar-refractivity contribution in [1.29, 1.82) is 0 Å². The molecule has 1 aliphatic rings. The molecule has 0 saturated carbocycles. The molecule has 1 fully saturated rings. The molecule has 5 nitrogen and oxygen atoms in total. The fourth-order valence-electron chi connectivity index (χ4n) is 3.02. The third-order valence-corrected chi connectivity index (χ3v) is 4.31. The number of hydrogen-bond acceptors (Lipinski definition) is 3. The zero-order valence-electron chi connectivity index (χ0n) is 15.0. The standard InChI is InChI=1S/C19H31N3O2/c1-20-19(22-12-10-18(14-22)15-23-2)21-11-6-7-13-24-16-17-8-4-3-5-9-17/h3-5,8-9,18H,6-7,10-16H2,1-2H3,(H,20,21). The Bertz CT molecular complexity index is 479. The maximum atomic E-state index is 5.71. The second-order valence-electron chi connectivity index (χ2n) is 6.28. The van der Waals surface area contributed by atoms with E-state index in [-0.39, 0.29) is 0 Å². The third kappa shape index (κ3) is 6.49. The first-order valence-electron chi connectivity index (χ1n) is 8.89. The Hall–Kier alpha value is -1.59. The van der Waals surface area contributed by atoms with E-state index in [0.717, 1.165) is 51.6 Å². The number of guanidine groups is 1. The maximum absolute atomic E-state index is 5.71. The van der Waals surface area contributed by atoms with Gasteiger partial charge in [0.2, 0.25) is 0 Å². The topological polar surface area (TPSA) is 46.1 Å². The Morgan fingerprint density at radius 3 is 2.88 bits per heavy atom. The number of aliphatic imine (C=N–C) groups is 1.